The van der Waals surface area contributed by atoms with Crippen molar-refractivity contribution in [3.8, 4) is 5.75 Å². The molecule has 0 aliphatic rings. The minimum atomic E-state index is -0.264. The first-order chi connectivity index (χ1) is 15.1. The van der Waals surface area contributed by atoms with E-state index in [1.54, 1.807) is 12.1 Å². The number of hydrogen-bond acceptors (Lipinski definition) is 3. The molecule has 0 atom stereocenters. The lowest BCUT2D eigenvalue weighted by Gasteiger charge is -2.11. The van der Waals surface area contributed by atoms with Crippen LogP contribution in [0.5, 0.6) is 5.75 Å². The summed E-state index contributed by atoms with van der Waals surface area (Å²) in [5.41, 5.74) is 3.85. The summed E-state index contributed by atoms with van der Waals surface area (Å²) in [7, 11) is 0. The summed E-state index contributed by atoms with van der Waals surface area (Å²) in [6.07, 6.45) is 0.639. The number of aromatic nitrogens is 2. The average molecular weight is 417 g/mol. The maximum Gasteiger partial charge on any atom is 0.240 e. The van der Waals surface area contributed by atoms with Gasteiger partial charge in [0.05, 0.1) is 11.0 Å². The number of halogens is 1. The van der Waals surface area contributed by atoms with E-state index in [0.29, 0.717) is 18.8 Å². The van der Waals surface area contributed by atoms with Crippen molar-refractivity contribution < 1.29 is 13.9 Å². The van der Waals surface area contributed by atoms with E-state index in [2.05, 4.69) is 10.3 Å². The van der Waals surface area contributed by atoms with E-state index in [0.717, 1.165) is 27.9 Å². The van der Waals surface area contributed by atoms with Crippen molar-refractivity contribution in [2.75, 3.05) is 6.54 Å². The number of ether oxygens (including phenoxy) is 1. The molecular formula is C25H24FN3O2. The van der Waals surface area contributed by atoms with Crippen molar-refractivity contribution in [1.29, 1.82) is 0 Å². The molecule has 0 aliphatic carbocycles. The predicted octanol–water partition coefficient (Wildman–Crippen LogP) is 4.42. The number of hydrogen-bond donors (Lipinski definition) is 1. The molecule has 5 nitrogen and oxygen atoms in total. The molecule has 31 heavy (non-hydrogen) atoms. The molecule has 0 unspecified atom stereocenters. The zero-order chi connectivity index (χ0) is 21.6. The van der Waals surface area contributed by atoms with Crippen molar-refractivity contribution in [3.63, 3.8) is 0 Å². The largest absolute Gasteiger partial charge is 0.486 e. The Labute approximate surface area is 180 Å². The molecule has 0 radical (unpaired) electrons. The third-order valence-electron chi connectivity index (χ3n) is 5.07. The first kappa shape index (κ1) is 20.6. The number of carbonyl (C=O) groups excluding carboxylic acids is 1. The van der Waals surface area contributed by atoms with Gasteiger partial charge in [-0.3, -0.25) is 4.79 Å². The minimum absolute atomic E-state index is 0.109. The Hall–Kier alpha value is -3.67. The van der Waals surface area contributed by atoms with Gasteiger partial charge in [0.15, 0.2) is 0 Å². The fraction of sp³-hybridized carbons (Fsp3) is 0.200. The van der Waals surface area contributed by atoms with Crippen molar-refractivity contribution in [3.05, 3.63) is 95.6 Å². The Bertz CT molecular complexity index is 1170. The topological polar surface area (TPSA) is 56.2 Å². The molecule has 1 aromatic heterocycles. The van der Waals surface area contributed by atoms with Gasteiger partial charge in [0.25, 0.3) is 0 Å². The lowest BCUT2D eigenvalue weighted by molar-refractivity contribution is -0.121. The highest BCUT2D eigenvalue weighted by Crippen LogP contribution is 2.19. The summed E-state index contributed by atoms with van der Waals surface area (Å²) < 4.78 is 20.8. The summed E-state index contributed by atoms with van der Waals surface area (Å²) >= 11 is 0. The van der Waals surface area contributed by atoms with E-state index in [1.807, 2.05) is 60.0 Å². The van der Waals surface area contributed by atoms with Crippen LogP contribution >= 0.6 is 0 Å². The van der Waals surface area contributed by atoms with Crippen molar-refractivity contribution in [2.45, 2.75) is 26.5 Å². The number of para-hydroxylation sites is 2. The number of rotatable bonds is 8. The van der Waals surface area contributed by atoms with E-state index in [1.165, 1.54) is 12.1 Å². The molecule has 1 N–H and O–H groups in total. The van der Waals surface area contributed by atoms with Gasteiger partial charge in [0.2, 0.25) is 5.91 Å². The molecule has 0 aliphatic heterocycles. The number of amides is 1. The fourth-order valence-electron chi connectivity index (χ4n) is 3.39. The van der Waals surface area contributed by atoms with E-state index < -0.39 is 0 Å². The van der Waals surface area contributed by atoms with Crippen LogP contribution in [0.15, 0.2) is 72.8 Å². The molecule has 4 aromatic rings. The Morgan fingerprint density at radius 3 is 2.55 bits per heavy atom. The summed E-state index contributed by atoms with van der Waals surface area (Å²) in [5, 5.41) is 2.93. The standard InChI is InChI=1S/C25H24FN3O2/c1-18-6-12-21(13-7-18)31-17-24-28-22-4-2-3-5-23(22)29(24)16-25(30)27-15-14-19-8-10-20(26)11-9-19/h2-13H,14-17H2,1H3,(H,27,30). The minimum Gasteiger partial charge on any atom is -0.486 e. The van der Waals surface area contributed by atoms with Crippen LogP contribution in [0, 0.1) is 12.7 Å². The van der Waals surface area contributed by atoms with Crippen LogP contribution in [-0.2, 0) is 24.4 Å². The molecule has 0 fully saturated rings. The number of benzene rings is 3. The van der Waals surface area contributed by atoms with Gasteiger partial charge in [-0.25, -0.2) is 9.37 Å². The second-order valence-electron chi connectivity index (χ2n) is 7.43. The first-order valence-electron chi connectivity index (χ1n) is 10.2. The number of imidazole rings is 1. The Kier molecular flexibility index (Phi) is 6.26. The van der Waals surface area contributed by atoms with Crippen LogP contribution in [-0.4, -0.2) is 22.0 Å². The monoisotopic (exact) mass is 417 g/mol. The summed E-state index contributed by atoms with van der Waals surface area (Å²) in [5.74, 6) is 1.07. The van der Waals surface area contributed by atoms with Crippen LogP contribution in [0.4, 0.5) is 4.39 Å². The summed E-state index contributed by atoms with van der Waals surface area (Å²) in [4.78, 5) is 17.3. The fourth-order valence-corrected chi connectivity index (χ4v) is 3.39. The van der Waals surface area contributed by atoms with Gasteiger partial charge in [-0.15, -0.1) is 0 Å². The van der Waals surface area contributed by atoms with Crippen molar-refractivity contribution in [1.82, 2.24) is 14.9 Å². The first-order valence-corrected chi connectivity index (χ1v) is 10.2. The number of nitrogens with zero attached hydrogens (tertiary/aromatic N) is 2. The third-order valence-corrected chi connectivity index (χ3v) is 5.07. The zero-order valence-electron chi connectivity index (χ0n) is 17.3. The SMILES string of the molecule is Cc1ccc(OCc2nc3ccccc3n2CC(=O)NCCc2ccc(F)cc2)cc1. The van der Waals surface area contributed by atoms with Gasteiger partial charge in [-0.2, -0.15) is 0 Å². The highest BCUT2D eigenvalue weighted by Gasteiger charge is 2.14. The molecule has 0 spiro atoms. The Morgan fingerprint density at radius 1 is 1.03 bits per heavy atom. The van der Waals surface area contributed by atoms with Crippen LogP contribution in [0.3, 0.4) is 0 Å². The number of fused-ring (bicyclic) bond motifs is 1. The Morgan fingerprint density at radius 2 is 1.77 bits per heavy atom. The summed E-state index contributed by atoms with van der Waals surface area (Å²) in [6.45, 7) is 2.92. The van der Waals surface area contributed by atoms with E-state index >= 15 is 0 Å². The smallest absolute Gasteiger partial charge is 0.240 e. The molecule has 0 saturated carbocycles. The zero-order valence-corrected chi connectivity index (χ0v) is 17.3. The predicted molar refractivity (Wildman–Crippen MR) is 118 cm³/mol. The van der Waals surface area contributed by atoms with E-state index in [4.69, 9.17) is 4.74 Å². The molecule has 0 bridgehead atoms. The van der Waals surface area contributed by atoms with E-state index in [9.17, 15) is 9.18 Å². The molecule has 1 amide bonds. The molecule has 3 aromatic carbocycles. The van der Waals surface area contributed by atoms with Crippen LogP contribution in [0.2, 0.25) is 0 Å². The molecule has 4 rings (SSSR count). The second-order valence-corrected chi connectivity index (χ2v) is 7.43. The quantitative estimate of drug-likeness (QED) is 0.462. The molecule has 1 heterocycles. The van der Waals surface area contributed by atoms with E-state index in [-0.39, 0.29) is 24.9 Å². The van der Waals surface area contributed by atoms with Gasteiger partial charge in [0.1, 0.15) is 30.5 Å². The number of nitrogens with one attached hydrogen (secondary N) is 1. The van der Waals surface area contributed by atoms with Gasteiger partial charge >= 0.3 is 0 Å². The van der Waals surface area contributed by atoms with Crippen LogP contribution in [0.1, 0.15) is 17.0 Å². The van der Waals surface area contributed by atoms with Crippen molar-refractivity contribution >= 4 is 16.9 Å². The lowest BCUT2D eigenvalue weighted by atomic mass is 10.1. The third kappa shape index (κ3) is 5.28. The van der Waals surface area contributed by atoms with Gasteiger partial charge < -0.3 is 14.6 Å². The second kappa shape index (κ2) is 9.43. The van der Waals surface area contributed by atoms with Gasteiger partial charge in [0, 0.05) is 6.54 Å². The maximum absolute atomic E-state index is 13.0. The normalized spacial score (nSPS) is 10.9. The number of aryl methyl sites for hydroxylation is 1. The van der Waals surface area contributed by atoms with Gasteiger partial charge in [-0.05, 0) is 55.3 Å². The summed E-state index contributed by atoms with van der Waals surface area (Å²) in [6, 6.07) is 21.9. The van der Waals surface area contributed by atoms with Crippen molar-refractivity contribution in [2.24, 2.45) is 0 Å². The molecular weight excluding hydrogens is 393 g/mol. The van der Waals surface area contributed by atoms with Gasteiger partial charge in [-0.1, -0.05) is 42.0 Å². The highest BCUT2D eigenvalue weighted by atomic mass is 19.1. The van der Waals surface area contributed by atoms with Crippen LogP contribution in [0.25, 0.3) is 11.0 Å². The molecule has 6 heteroatoms. The maximum atomic E-state index is 13.0. The molecule has 0 saturated heterocycles. The Balaban J connectivity index is 1.42. The highest BCUT2D eigenvalue weighted by molar-refractivity contribution is 5.81. The average Bonchev–Trinajstić information content (AvgIpc) is 3.12. The molecule has 158 valence electrons. The lowest BCUT2D eigenvalue weighted by Crippen LogP contribution is -2.30. The number of carbonyl (C=O) groups is 1. The van der Waals surface area contributed by atoms with Crippen LogP contribution < -0.4 is 10.1 Å².